The summed E-state index contributed by atoms with van der Waals surface area (Å²) in [7, 11) is 0. The van der Waals surface area contributed by atoms with Crippen molar-refractivity contribution in [3.8, 4) is 5.75 Å². The molecule has 1 N–H and O–H groups in total. The molecule has 0 aliphatic carbocycles. The van der Waals surface area contributed by atoms with Gasteiger partial charge in [-0.2, -0.15) is 0 Å². The summed E-state index contributed by atoms with van der Waals surface area (Å²) in [5, 5.41) is 3.60. The van der Waals surface area contributed by atoms with Crippen LogP contribution in [-0.4, -0.2) is 36.7 Å². The highest BCUT2D eigenvalue weighted by atomic mass is 16.5. The van der Waals surface area contributed by atoms with Crippen LogP contribution >= 0.6 is 0 Å². The quantitative estimate of drug-likeness (QED) is 0.867. The third kappa shape index (κ3) is 3.39. The summed E-state index contributed by atoms with van der Waals surface area (Å²) in [6.07, 6.45) is 1.22. The first kappa shape index (κ1) is 13.2. The molecule has 1 fully saturated rings. The average Bonchev–Trinajstić information content (AvgIpc) is 2.78. The second-order valence-corrected chi connectivity index (χ2v) is 5.18. The van der Waals surface area contributed by atoms with E-state index < -0.39 is 0 Å². The molecule has 1 saturated heterocycles. The molecule has 1 unspecified atom stereocenters. The van der Waals surface area contributed by atoms with E-state index in [0.29, 0.717) is 18.7 Å². The molecule has 0 spiro atoms. The molecular weight excluding hydrogens is 224 g/mol. The van der Waals surface area contributed by atoms with Gasteiger partial charge >= 0.3 is 0 Å². The van der Waals surface area contributed by atoms with Crippen LogP contribution in [0.4, 0.5) is 5.69 Å². The Labute approximate surface area is 110 Å². The first-order chi connectivity index (χ1) is 8.69. The monoisotopic (exact) mass is 248 g/mol. The van der Waals surface area contributed by atoms with Crippen LogP contribution in [0.5, 0.6) is 5.75 Å². The molecule has 1 aliphatic heterocycles. The number of benzene rings is 1. The molecule has 1 heterocycles. The molecule has 18 heavy (non-hydrogen) atoms. The topological polar surface area (TPSA) is 24.5 Å². The van der Waals surface area contributed by atoms with Gasteiger partial charge < -0.3 is 10.1 Å². The lowest BCUT2D eigenvalue weighted by atomic mass is 10.2. The van der Waals surface area contributed by atoms with Crippen LogP contribution in [0.15, 0.2) is 24.3 Å². The predicted octanol–water partition coefficient (Wildman–Crippen LogP) is 2.98. The Morgan fingerprint density at radius 1 is 1.44 bits per heavy atom. The van der Waals surface area contributed by atoms with Crippen LogP contribution in [0.1, 0.15) is 27.2 Å². The molecule has 0 bridgehead atoms. The number of anilines is 1. The molecular formula is C15H24N2O. The van der Waals surface area contributed by atoms with Gasteiger partial charge in [0.1, 0.15) is 5.75 Å². The zero-order valence-corrected chi connectivity index (χ0v) is 11.6. The fraction of sp³-hybridized carbons (Fsp3) is 0.600. The van der Waals surface area contributed by atoms with E-state index in [1.54, 1.807) is 0 Å². The smallest absolute Gasteiger partial charge is 0.121 e. The summed E-state index contributed by atoms with van der Waals surface area (Å²) in [5.41, 5.74) is 1.16. The van der Waals surface area contributed by atoms with Crippen LogP contribution in [0.2, 0.25) is 0 Å². The van der Waals surface area contributed by atoms with E-state index in [4.69, 9.17) is 4.74 Å². The van der Waals surface area contributed by atoms with Crippen LogP contribution in [-0.2, 0) is 0 Å². The third-order valence-corrected chi connectivity index (χ3v) is 3.47. The molecule has 1 aromatic rings. The van der Waals surface area contributed by atoms with Gasteiger partial charge in [0.25, 0.3) is 0 Å². The van der Waals surface area contributed by atoms with E-state index in [-0.39, 0.29) is 0 Å². The van der Waals surface area contributed by atoms with Gasteiger partial charge in [0, 0.05) is 36.9 Å². The van der Waals surface area contributed by atoms with Gasteiger partial charge in [-0.1, -0.05) is 6.07 Å². The summed E-state index contributed by atoms with van der Waals surface area (Å²) in [6, 6.07) is 9.45. The van der Waals surface area contributed by atoms with Crippen molar-refractivity contribution in [2.45, 2.75) is 39.3 Å². The summed E-state index contributed by atoms with van der Waals surface area (Å²) in [4.78, 5) is 2.52. The van der Waals surface area contributed by atoms with E-state index in [2.05, 4.69) is 36.2 Å². The minimum Gasteiger partial charge on any atom is -0.494 e. The molecule has 1 atom stereocenters. The number of ether oxygens (including phenoxy) is 1. The van der Waals surface area contributed by atoms with E-state index >= 15 is 0 Å². The number of nitrogens with one attached hydrogen (secondary N) is 1. The van der Waals surface area contributed by atoms with Crippen molar-refractivity contribution in [2.24, 2.45) is 0 Å². The van der Waals surface area contributed by atoms with Crippen LogP contribution in [0.3, 0.4) is 0 Å². The third-order valence-electron chi connectivity index (χ3n) is 3.47. The van der Waals surface area contributed by atoms with Gasteiger partial charge in [-0.25, -0.2) is 0 Å². The summed E-state index contributed by atoms with van der Waals surface area (Å²) >= 11 is 0. The lowest BCUT2D eigenvalue weighted by molar-refractivity contribution is 0.274. The Balaban J connectivity index is 1.92. The lowest BCUT2D eigenvalue weighted by Crippen LogP contribution is -2.31. The molecule has 0 radical (unpaired) electrons. The standard InChI is InChI=1S/C15H24N2O/c1-4-18-15-7-5-6-13(10-15)16-14-8-9-17(11-14)12(2)3/h5-7,10,12,14,16H,4,8-9,11H2,1-3H3. The number of hydrogen-bond donors (Lipinski definition) is 1. The van der Waals surface area contributed by atoms with Crippen molar-refractivity contribution in [1.82, 2.24) is 4.90 Å². The highest BCUT2D eigenvalue weighted by Gasteiger charge is 2.23. The fourth-order valence-electron chi connectivity index (χ4n) is 2.45. The van der Waals surface area contributed by atoms with Crippen molar-refractivity contribution in [3.63, 3.8) is 0 Å². The van der Waals surface area contributed by atoms with Crippen molar-refractivity contribution >= 4 is 5.69 Å². The van der Waals surface area contributed by atoms with Gasteiger partial charge in [0.05, 0.1) is 6.61 Å². The maximum Gasteiger partial charge on any atom is 0.121 e. The number of rotatable bonds is 5. The second-order valence-electron chi connectivity index (χ2n) is 5.18. The van der Waals surface area contributed by atoms with Gasteiger partial charge in [0.15, 0.2) is 0 Å². The normalized spacial score (nSPS) is 20.3. The number of nitrogens with zero attached hydrogens (tertiary/aromatic N) is 1. The number of likely N-dealkylation sites (tertiary alicyclic amines) is 1. The minimum absolute atomic E-state index is 0.560. The maximum atomic E-state index is 5.52. The lowest BCUT2D eigenvalue weighted by Gasteiger charge is -2.21. The molecule has 100 valence electrons. The summed E-state index contributed by atoms with van der Waals surface area (Å²) in [5.74, 6) is 0.946. The van der Waals surface area contributed by atoms with Gasteiger partial charge in [-0.3, -0.25) is 4.90 Å². The Morgan fingerprint density at radius 3 is 2.94 bits per heavy atom. The van der Waals surface area contributed by atoms with Crippen molar-refractivity contribution in [3.05, 3.63) is 24.3 Å². The van der Waals surface area contributed by atoms with Gasteiger partial charge in [-0.15, -0.1) is 0 Å². The van der Waals surface area contributed by atoms with E-state index in [1.807, 2.05) is 19.1 Å². The van der Waals surface area contributed by atoms with Crippen LogP contribution in [0, 0.1) is 0 Å². The summed E-state index contributed by atoms with van der Waals surface area (Å²) < 4.78 is 5.52. The highest BCUT2D eigenvalue weighted by molar-refractivity contribution is 5.49. The van der Waals surface area contributed by atoms with Crippen molar-refractivity contribution < 1.29 is 4.74 Å². The van der Waals surface area contributed by atoms with Crippen molar-refractivity contribution in [1.29, 1.82) is 0 Å². The summed E-state index contributed by atoms with van der Waals surface area (Å²) in [6.45, 7) is 9.58. The van der Waals surface area contributed by atoms with Crippen molar-refractivity contribution in [2.75, 3.05) is 25.0 Å². The largest absolute Gasteiger partial charge is 0.494 e. The number of hydrogen-bond acceptors (Lipinski definition) is 3. The molecule has 0 aromatic heterocycles. The first-order valence-corrected chi connectivity index (χ1v) is 6.92. The highest BCUT2D eigenvalue weighted by Crippen LogP contribution is 2.21. The average molecular weight is 248 g/mol. The minimum atomic E-state index is 0.560. The Hall–Kier alpha value is -1.22. The van der Waals surface area contributed by atoms with E-state index in [1.165, 1.54) is 13.0 Å². The molecule has 2 rings (SSSR count). The molecule has 1 aliphatic rings. The Bertz CT molecular complexity index is 379. The molecule has 3 nitrogen and oxygen atoms in total. The van der Waals surface area contributed by atoms with E-state index in [0.717, 1.165) is 18.0 Å². The second kappa shape index (κ2) is 6.10. The van der Waals surface area contributed by atoms with Gasteiger partial charge in [-0.05, 0) is 39.3 Å². The predicted molar refractivity (Wildman–Crippen MR) is 76.3 cm³/mol. The molecule has 1 aromatic carbocycles. The zero-order valence-electron chi connectivity index (χ0n) is 11.6. The van der Waals surface area contributed by atoms with Crippen LogP contribution < -0.4 is 10.1 Å². The molecule has 0 amide bonds. The fourth-order valence-corrected chi connectivity index (χ4v) is 2.45. The first-order valence-electron chi connectivity index (χ1n) is 6.92. The SMILES string of the molecule is CCOc1cccc(NC2CCN(C(C)C)C2)c1. The van der Waals surface area contributed by atoms with Gasteiger partial charge in [0.2, 0.25) is 0 Å². The Morgan fingerprint density at radius 2 is 2.28 bits per heavy atom. The Kier molecular flexibility index (Phi) is 4.48. The zero-order chi connectivity index (χ0) is 13.0. The molecule has 0 saturated carbocycles. The maximum absolute atomic E-state index is 5.52. The van der Waals surface area contributed by atoms with Crippen LogP contribution in [0.25, 0.3) is 0 Å². The molecule has 3 heteroatoms. The van der Waals surface area contributed by atoms with E-state index in [9.17, 15) is 0 Å².